The summed E-state index contributed by atoms with van der Waals surface area (Å²) < 4.78 is 0. The number of fused-ring (bicyclic) bond motifs is 7. The molecule has 0 spiro atoms. The van der Waals surface area contributed by atoms with Crippen molar-refractivity contribution in [3.05, 3.63) is 133 Å². The summed E-state index contributed by atoms with van der Waals surface area (Å²) in [6.45, 7) is 2.18. The first-order valence-electron chi connectivity index (χ1n) is 12.0. The molecule has 0 N–H and O–H groups in total. The molecule has 6 aromatic rings. The van der Waals surface area contributed by atoms with Crippen LogP contribution in [0.25, 0.3) is 32.7 Å². The molecule has 7 rings (SSSR count). The van der Waals surface area contributed by atoms with Crippen molar-refractivity contribution in [3.63, 3.8) is 0 Å². The number of hydrogen-bond acceptors (Lipinski definition) is 0. The van der Waals surface area contributed by atoms with Gasteiger partial charge in [0, 0.05) is 0 Å². The van der Waals surface area contributed by atoms with E-state index in [0.29, 0.717) is 0 Å². The van der Waals surface area contributed by atoms with E-state index in [1.165, 1.54) is 59.0 Å². The topological polar surface area (TPSA) is 0 Å². The molecule has 0 nitrogen and oxygen atoms in total. The summed E-state index contributed by atoms with van der Waals surface area (Å²) in [6, 6.07) is 47.9. The van der Waals surface area contributed by atoms with Gasteiger partial charge in [-0.15, -0.1) is 0 Å². The van der Waals surface area contributed by atoms with E-state index in [1.807, 2.05) is 0 Å². The van der Waals surface area contributed by atoms with Gasteiger partial charge in [0.2, 0.25) is 0 Å². The zero-order chi connectivity index (χ0) is 22.7. The van der Waals surface area contributed by atoms with E-state index in [9.17, 15) is 0 Å². The monoisotopic (exact) mass is 448 g/mol. The number of benzene rings is 6. The van der Waals surface area contributed by atoms with Crippen molar-refractivity contribution in [2.75, 3.05) is 0 Å². The van der Waals surface area contributed by atoms with Gasteiger partial charge in [-0.1, -0.05) is 133 Å². The van der Waals surface area contributed by atoms with Gasteiger partial charge in [-0.3, -0.25) is 0 Å². The Morgan fingerprint density at radius 3 is 1.44 bits per heavy atom. The number of hydrogen-bond donors (Lipinski definition) is 0. The first kappa shape index (κ1) is 19.5. The molecule has 160 valence electrons. The van der Waals surface area contributed by atoms with E-state index in [1.54, 1.807) is 0 Å². The molecule has 0 saturated heterocycles. The fourth-order valence-corrected chi connectivity index (χ4v) is 11.3. The van der Waals surface area contributed by atoms with Crippen LogP contribution < -0.4 is 20.7 Å². The average molecular weight is 449 g/mol. The van der Waals surface area contributed by atoms with Gasteiger partial charge in [-0.05, 0) is 60.3 Å². The summed E-state index contributed by atoms with van der Waals surface area (Å²) in [5.74, 6) is 0. The number of aryl methyl sites for hydroxylation is 1. The van der Waals surface area contributed by atoms with Crippen LogP contribution >= 0.6 is 0 Å². The highest BCUT2D eigenvalue weighted by Gasteiger charge is 2.49. The molecule has 0 bridgehead atoms. The second-order valence-corrected chi connectivity index (χ2v) is 13.1. The molecular weight excluding hydrogens is 424 g/mol. The maximum atomic E-state index is 2.44. The third kappa shape index (κ3) is 2.53. The van der Waals surface area contributed by atoms with Crippen LogP contribution in [0.5, 0.6) is 0 Å². The average Bonchev–Trinajstić information content (AvgIpc) is 3.22. The molecule has 1 heteroatoms. The Kier molecular flexibility index (Phi) is 4.18. The second-order valence-electron chi connectivity index (χ2n) is 9.40. The summed E-state index contributed by atoms with van der Waals surface area (Å²) >= 11 is 0. The third-order valence-electron chi connectivity index (χ3n) is 7.61. The fourth-order valence-electron chi connectivity index (χ4n) is 6.13. The molecule has 0 fully saturated rings. The molecular formula is C33H24Si. The molecule has 0 saturated carbocycles. The fraction of sp³-hybridized carbons (Fsp3) is 0.0303. The minimum absolute atomic E-state index is 1.30. The van der Waals surface area contributed by atoms with Crippen LogP contribution in [0, 0.1) is 6.92 Å². The normalized spacial score (nSPS) is 13.7. The van der Waals surface area contributed by atoms with Gasteiger partial charge in [-0.2, -0.15) is 0 Å². The van der Waals surface area contributed by atoms with Gasteiger partial charge in [0.1, 0.15) is 0 Å². The zero-order valence-electron chi connectivity index (χ0n) is 19.1. The molecule has 0 radical (unpaired) electrons. The van der Waals surface area contributed by atoms with Gasteiger partial charge in [-0.25, -0.2) is 0 Å². The predicted molar refractivity (Wildman–Crippen MR) is 149 cm³/mol. The van der Waals surface area contributed by atoms with Crippen LogP contribution in [0.2, 0.25) is 0 Å². The Morgan fingerprint density at radius 2 is 0.882 bits per heavy atom. The van der Waals surface area contributed by atoms with Crippen LogP contribution in [0.4, 0.5) is 0 Å². The van der Waals surface area contributed by atoms with Gasteiger partial charge >= 0.3 is 0 Å². The standard InChI is InChI=1S/C33H24Si/c1-23-15-19-27(20-16-23)34(26-11-3-2-4-12-26)30-21-17-24-9-5-7-13-28(24)32(30)33-29-14-8-6-10-25(29)18-22-31(33)34/h2-22H,1H3. The molecule has 34 heavy (non-hydrogen) atoms. The number of rotatable bonds is 2. The Bertz CT molecular complexity index is 1610. The Hall–Kier alpha value is -3.94. The molecule has 0 unspecified atom stereocenters. The molecule has 0 amide bonds. The van der Waals surface area contributed by atoms with E-state index in [4.69, 9.17) is 0 Å². The highest BCUT2D eigenvalue weighted by Crippen LogP contribution is 2.38. The van der Waals surface area contributed by atoms with E-state index >= 15 is 0 Å². The summed E-state index contributed by atoms with van der Waals surface area (Å²) in [6.07, 6.45) is 0. The first-order chi connectivity index (χ1) is 16.8. The highest BCUT2D eigenvalue weighted by molar-refractivity contribution is 7.22. The van der Waals surface area contributed by atoms with Gasteiger partial charge < -0.3 is 0 Å². The Labute approximate surface area is 201 Å². The van der Waals surface area contributed by atoms with Gasteiger partial charge in [0.05, 0.1) is 0 Å². The van der Waals surface area contributed by atoms with E-state index in [-0.39, 0.29) is 0 Å². The van der Waals surface area contributed by atoms with Crippen molar-refractivity contribution in [2.24, 2.45) is 0 Å². The molecule has 1 aliphatic heterocycles. The lowest BCUT2D eigenvalue weighted by Crippen LogP contribution is -2.72. The molecule has 0 atom stereocenters. The minimum Gasteiger partial charge on any atom is -0.0623 e. The largest absolute Gasteiger partial charge is 0.180 e. The SMILES string of the molecule is Cc1ccc([Si]2(c3ccccc3)c3ccc4ccccc4c3-c3c2ccc2ccccc32)cc1. The summed E-state index contributed by atoms with van der Waals surface area (Å²) in [5.41, 5.74) is 4.17. The van der Waals surface area contributed by atoms with Crippen molar-refractivity contribution in [1.29, 1.82) is 0 Å². The van der Waals surface area contributed by atoms with Crippen molar-refractivity contribution >= 4 is 50.4 Å². The van der Waals surface area contributed by atoms with E-state index in [0.717, 1.165) is 0 Å². The molecule has 6 aromatic carbocycles. The van der Waals surface area contributed by atoms with Crippen LogP contribution in [0.15, 0.2) is 127 Å². The molecule has 1 heterocycles. The van der Waals surface area contributed by atoms with Crippen molar-refractivity contribution in [1.82, 2.24) is 0 Å². The van der Waals surface area contributed by atoms with Crippen molar-refractivity contribution < 1.29 is 0 Å². The van der Waals surface area contributed by atoms with Crippen LogP contribution in [0.3, 0.4) is 0 Å². The van der Waals surface area contributed by atoms with Crippen molar-refractivity contribution in [2.45, 2.75) is 6.92 Å². The molecule has 1 aliphatic rings. The summed E-state index contributed by atoms with van der Waals surface area (Å²) in [7, 11) is -2.48. The van der Waals surface area contributed by atoms with Crippen molar-refractivity contribution in [3.8, 4) is 11.1 Å². The maximum Gasteiger partial charge on any atom is 0.180 e. The first-order valence-corrected chi connectivity index (χ1v) is 14.0. The smallest absolute Gasteiger partial charge is 0.0623 e. The lowest BCUT2D eigenvalue weighted by atomic mass is 9.94. The van der Waals surface area contributed by atoms with Crippen LogP contribution in [-0.2, 0) is 0 Å². The Balaban J connectivity index is 1.75. The zero-order valence-corrected chi connectivity index (χ0v) is 20.1. The predicted octanol–water partition coefficient (Wildman–Crippen LogP) is 5.66. The lowest BCUT2D eigenvalue weighted by Gasteiger charge is -2.31. The summed E-state index contributed by atoms with van der Waals surface area (Å²) in [5, 5.41) is 11.2. The van der Waals surface area contributed by atoms with Crippen LogP contribution in [0.1, 0.15) is 5.56 Å². The quantitative estimate of drug-likeness (QED) is 0.299. The van der Waals surface area contributed by atoms with Gasteiger partial charge in [0.25, 0.3) is 0 Å². The highest BCUT2D eigenvalue weighted by atomic mass is 28.3. The molecule has 0 aromatic heterocycles. The summed E-state index contributed by atoms with van der Waals surface area (Å²) in [4.78, 5) is 0. The second kappa shape index (κ2) is 7.28. The van der Waals surface area contributed by atoms with E-state index in [2.05, 4.69) is 134 Å². The van der Waals surface area contributed by atoms with Crippen LogP contribution in [-0.4, -0.2) is 8.07 Å². The van der Waals surface area contributed by atoms with E-state index < -0.39 is 8.07 Å². The lowest BCUT2D eigenvalue weighted by molar-refractivity contribution is 1.49. The maximum absolute atomic E-state index is 2.48. The Morgan fingerprint density at radius 1 is 0.412 bits per heavy atom. The minimum atomic E-state index is -2.48. The molecule has 0 aliphatic carbocycles. The third-order valence-corrected chi connectivity index (χ3v) is 12.5. The van der Waals surface area contributed by atoms with Gasteiger partial charge in [0.15, 0.2) is 8.07 Å².